The summed E-state index contributed by atoms with van der Waals surface area (Å²) in [5.74, 6) is -1.02. The molecule has 1 rings (SSSR count). The molecule has 1 fully saturated rings. The zero-order chi connectivity index (χ0) is 10.0. The maximum Gasteiger partial charge on any atom is 0.331 e. The van der Waals surface area contributed by atoms with E-state index in [1.807, 2.05) is 0 Å². The molecule has 0 spiro atoms. The van der Waals surface area contributed by atoms with Crippen LogP contribution in [-0.4, -0.2) is 23.7 Å². The van der Waals surface area contributed by atoms with Gasteiger partial charge in [-0.25, -0.2) is 4.79 Å². The Kier molecular flexibility index (Phi) is 2.85. The maximum absolute atomic E-state index is 10.4. The molecule has 4 heteroatoms. The van der Waals surface area contributed by atoms with Crippen molar-refractivity contribution in [3.8, 4) is 0 Å². The summed E-state index contributed by atoms with van der Waals surface area (Å²) < 4.78 is 10.3. The summed E-state index contributed by atoms with van der Waals surface area (Å²) in [7, 11) is 0. The number of carbonyl (C=O) groups is 1. The Bertz CT molecular complexity index is 250. The molecule has 1 heterocycles. The largest absolute Gasteiger partial charge is 0.478 e. The fourth-order valence-electron chi connectivity index (χ4n) is 0.984. The quantitative estimate of drug-likeness (QED) is 0.528. The first-order valence-electron chi connectivity index (χ1n) is 3.90. The Morgan fingerprint density at radius 2 is 2.00 bits per heavy atom. The van der Waals surface area contributed by atoms with Gasteiger partial charge in [-0.05, 0) is 12.5 Å². The standard InChI is InChI=1S/C9H12O4/c1-5(8(10)11)4-6(2)9-12-7(3)13-9/h7,9H,1-2,4H2,3H3,(H,10,11). The van der Waals surface area contributed by atoms with E-state index in [-0.39, 0.29) is 18.3 Å². The van der Waals surface area contributed by atoms with Gasteiger partial charge in [-0.3, -0.25) is 0 Å². The highest BCUT2D eigenvalue weighted by atomic mass is 16.9. The normalized spacial score (nSPS) is 26.2. The van der Waals surface area contributed by atoms with Crippen LogP contribution in [0.4, 0.5) is 0 Å². The van der Waals surface area contributed by atoms with Crippen LogP contribution < -0.4 is 0 Å². The first-order valence-corrected chi connectivity index (χ1v) is 3.90. The van der Waals surface area contributed by atoms with Crippen molar-refractivity contribution in [2.75, 3.05) is 0 Å². The van der Waals surface area contributed by atoms with Crippen LogP contribution in [0.3, 0.4) is 0 Å². The molecule has 4 nitrogen and oxygen atoms in total. The summed E-state index contributed by atoms with van der Waals surface area (Å²) in [6, 6.07) is 0. The molecule has 0 aliphatic carbocycles. The van der Waals surface area contributed by atoms with Gasteiger partial charge in [-0.1, -0.05) is 13.2 Å². The molecule has 0 amide bonds. The third-order valence-corrected chi connectivity index (χ3v) is 1.71. The Hall–Kier alpha value is -1.13. The van der Waals surface area contributed by atoms with E-state index >= 15 is 0 Å². The first-order chi connectivity index (χ1) is 6.00. The minimum absolute atomic E-state index is 0.0942. The Morgan fingerprint density at radius 1 is 1.46 bits per heavy atom. The highest BCUT2D eigenvalue weighted by Crippen LogP contribution is 2.25. The topological polar surface area (TPSA) is 55.8 Å². The number of rotatable bonds is 4. The molecular weight excluding hydrogens is 172 g/mol. The van der Waals surface area contributed by atoms with Gasteiger partial charge in [0, 0.05) is 12.0 Å². The Morgan fingerprint density at radius 3 is 2.38 bits per heavy atom. The van der Waals surface area contributed by atoms with Gasteiger partial charge in [0.25, 0.3) is 0 Å². The number of hydrogen-bond donors (Lipinski definition) is 1. The predicted octanol–water partition coefficient (Wildman–Crippen LogP) is 1.29. The highest BCUT2D eigenvalue weighted by molar-refractivity contribution is 5.86. The van der Waals surface area contributed by atoms with E-state index < -0.39 is 12.3 Å². The highest BCUT2D eigenvalue weighted by Gasteiger charge is 2.29. The Labute approximate surface area is 76.5 Å². The number of aliphatic carboxylic acids is 1. The molecule has 0 atom stereocenters. The van der Waals surface area contributed by atoms with Crippen LogP contribution in [-0.2, 0) is 14.3 Å². The second kappa shape index (κ2) is 3.72. The molecule has 1 aliphatic rings. The summed E-state index contributed by atoms with van der Waals surface area (Å²) >= 11 is 0. The van der Waals surface area contributed by atoms with E-state index in [4.69, 9.17) is 14.6 Å². The van der Waals surface area contributed by atoms with Gasteiger partial charge < -0.3 is 14.6 Å². The van der Waals surface area contributed by atoms with Gasteiger partial charge >= 0.3 is 5.97 Å². The van der Waals surface area contributed by atoms with Crippen LogP contribution in [0, 0.1) is 0 Å². The number of carboxylic acids is 1. The van der Waals surface area contributed by atoms with Gasteiger partial charge in [0.2, 0.25) is 0 Å². The van der Waals surface area contributed by atoms with Crippen molar-refractivity contribution in [2.24, 2.45) is 0 Å². The lowest BCUT2D eigenvalue weighted by atomic mass is 10.1. The van der Waals surface area contributed by atoms with E-state index in [1.165, 1.54) is 0 Å². The molecule has 1 saturated heterocycles. The number of hydrogen-bond acceptors (Lipinski definition) is 3. The number of ether oxygens (including phenoxy) is 2. The first kappa shape index (κ1) is 9.95. The third kappa shape index (κ3) is 2.40. The van der Waals surface area contributed by atoms with Crippen molar-refractivity contribution in [1.82, 2.24) is 0 Å². The number of carboxylic acid groups (broad SMARTS) is 1. The van der Waals surface area contributed by atoms with Crippen LogP contribution in [0.15, 0.2) is 24.3 Å². The summed E-state index contributed by atoms with van der Waals surface area (Å²) in [4.78, 5) is 10.4. The minimum atomic E-state index is -1.02. The van der Waals surface area contributed by atoms with Crippen molar-refractivity contribution in [1.29, 1.82) is 0 Å². The average molecular weight is 184 g/mol. The minimum Gasteiger partial charge on any atom is -0.478 e. The van der Waals surface area contributed by atoms with Crippen LogP contribution in [0.25, 0.3) is 0 Å². The fourth-order valence-corrected chi connectivity index (χ4v) is 0.984. The van der Waals surface area contributed by atoms with Gasteiger partial charge in [0.05, 0.1) is 0 Å². The summed E-state index contributed by atoms with van der Waals surface area (Å²) in [5, 5.41) is 8.53. The van der Waals surface area contributed by atoms with Crippen LogP contribution in [0.2, 0.25) is 0 Å². The summed E-state index contributed by atoms with van der Waals surface area (Å²) in [6.07, 6.45) is -0.488. The van der Waals surface area contributed by atoms with Crippen LogP contribution in [0.1, 0.15) is 13.3 Å². The van der Waals surface area contributed by atoms with Gasteiger partial charge in [-0.2, -0.15) is 0 Å². The molecule has 0 saturated carbocycles. The molecule has 1 N–H and O–H groups in total. The molecule has 72 valence electrons. The zero-order valence-corrected chi connectivity index (χ0v) is 7.45. The SMILES string of the molecule is C=C(CC(=C)C1OC(C)O1)C(=O)O. The van der Waals surface area contributed by atoms with E-state index in [2.05, 4.69) is 13.2 Å². The summed E-state index contributed by atoms with van der Waals surface area (Å²) in [5.41, 5.74) is 0.683. The lowest BCUT2D eigenvalue weighted by molar-refractivity contribution is -0.359. The van der Waals surface area contributed by atoms with Gasteiger partial charge in [0.1, 0.15) is 0 Å². The Balaban J connectivity index is 2.34. The van der Waals surface area contributed by atoms with E-state index in [9.17, 15) is 4.79 Å². The molecule has 0 radical (unpaired) electrons. The summed E-state index contributed by atoms with van der Waals surface area (Å²) in [6.45, 7) is 8.80. The van der Waals surface area contributed by atoms with Crippen molar-refractivity contribution < 1.29 is 19.4 Å². The zero-order valence-electron chi connectivity index (χ0n) is 7.45. The van der Waals surface area contributed by atoms with Crippen molar-refractivity contribution in [3.05, 3.63) is 24.3 Å². The monoisotopic (exact) mass is 184 g/mol. The van der Waals surface area contributed by atoms with Gasteiger partial charge in [-0.15, -0.1) is 0 Å². The molecule has 1 aliphatic heterocycles. The van der Waals surface area contributed by atoms with Gasteiger partial charge in [0.15, 0.2) is 12.6 Å². The second-order valence-electron chi connectivity index (χ2n) is 2.92. The molecule has 0 bridgehead atoms. The fraction of sp³-hybridized carbons (Fsp3) is 0.444. The predicted molar refractivity (Wildman–Crippen MR) is 46.0 cm³/mol. The average Bonchev–Trinajstić information content (AvgIpc) is 1.98. The van der Waals surface area contributed by atoms with Crippen molar-refractivity contribution in [2.45, 2.75) is 25.9 Å². The van der Waals surface area contributed by atoms with Crippen LogP contribution in [0.5, 0.6) is 0 Å². The lowest BCUT2D eigenvalue weighted by Gasteiger charge is -2.34. The van der Waals surface area contributed by atoms with E-state index in [1.54, 1.807) is 6.92 Å². The lowest BCUT2D eigenvalue weighted by Crippen LogP contribution is -2.39. The second-order valence-corrected chi connectivity index (χ2v) is 2.92. The maximum atomic E-state index is 10.4. The van der Waals surface area contributed by atoms with Crippen LogP contribution >= 0.6 is 0 Å². The molecule has 0 aromatic carbocycles. The molecule has 0 unspecified atom stereocenters. The van der Waals surface area contributed by atoms with E-state index in [0.29, 0.717) is 5.57 Å². The molecular formula is C9H12O4. The van der Waals surface area contributed by atoms with Crippen molar-refractivity contribution >= 4 is 5.97 Å². The van der Waals surface area contributed by atoms with E-state index in [0.717, 1.165) is 0 Å². The third-order valence-electron chi connectivity index (χ3n) is 1.71. The van der Waals surface area contributed by atoms with Crippen molar-refractivity contribution in [3.63, 3.8) is 0 Å². The molecule has 0 aromatic heterocycles. The molecule has 13 heavy (non-hydrogen) atoms. The molecule has 0 aromatic rings. The smallest absolute Gasteiger partial charge is 0.331 e.